The van der Waals surface area contributed by atoms with Gasteiger partial charge >= 0.3 is 0 Å². The highest BCUT2D eigenvalue weighted by Gasteiger charge is 2.01. The van der Waals surface area contributed by atoms with E-state index in [1.165, 1.54) is 5.57 Å². The molecule has 1 aliphatic heterocycles. The summed E-state index contributed by atoms with van der Waals surface area (Å²) in [4.78, 5) is 0. The van der Waals surface area contributed by atoms with Crippen LogP contribution in [0.2, 0.25) is 0 Å². The van der Waals surface area contributed by atoms with E-state index in [2.05, 4.69) is 18.3 Å². The summed E-state index contributed by atoms with van der Waals surface area (Å²) in [5.41, 5.74) is 1.35. The summed E-state index contributed by atoms with van der Waals surface area (Å²) in [6, 6.07) is 0. The fourth-order valence-corrected chi connectivity index (χ4v) is 0.855. The third-order valence-electron chi connectivity index (χ3n) is 1.60. The first-order valence-electron chi connectivity index (χ1n) is 3.59. The van der Waals surface area contributed by atoms with E-state index in [0.29, 0.717) is 0 Å². The van der Waals surface area contributed by atoms with Gasteiger partial charge in [0.15, 0.2) is 5.88 Å². The molecule has 1 N–H and O–H groups in total. The van der Waals surface area contributed by atoms with Gasteiger partial charge in [-0.25, -0.2) is 0 Å². The summed E-state index contributed by atoms with van der Waals surface area (Å²) in [6.07, 6.45) is 5.98. The average molecular weight is 139 g/mol. The first-order chi connectivity index (χ1) is 4.86. The number of nitrogens with one attached hydrogen (secondary N) is 1. The predicted molar refractivity (Wildman–Crippen MR) is 41.2 cm³/mol. The largest absolute Gasteiger partial charge is 0.449 e. The maximum absolute atomic E-state index is 5.22. The Morgan fingerprint density at radius 2 is 2.50 bits per heavy atom. The van der Waals surface area contributed by atoms with Crippen LogP contribution < -0.4 is 5.32 Å². The fraction of sp³-hybridized carbons (Fsp3) is 0.500. The smallest absolute Gasteiger partial charge is 0.188 e. The molecular weight excluding hydrogens is 126 g/mol. The Morgan fingerprint density at radius 3 is 2.90 bits per heavy atom. The minimum atomic E-state index is 0.859. The second-order valence-electron chi connectivity index (χ2n) is 2.27. The summed E-state index contributed by atoms with van der Waals surface area (Å²) in [7, 11) is 1.86. The van der Waals surface area contributed by atoms with Crippen molar-refractivity contribution in [2.45, 2.75) is 19.8 Å². The molecule has 0 saturated carbocycles. The zero-order chi connectivity index (χ0) is 7.40. The molecule has 56 valence electrons. The van der Waals surface area contributed by atoms with Crippen LogP contribution in [0, 0.1) is 0 Å². The minimum absolute atomic E-state index is 0.859. The van der Waals surface area contributed by atoms with Gasteiger partial charge in [-0.15, -0.1) is 0 Å². The Balaban J connectivity index is 2.45. The molecule has 0 radical (unpaired) electrons. The monoisotopic (exact) mass is 139 g/mol. The van der Waals surface area contributed by atoms with Gasteiger partial charge in [-0.1, -0.05) is 6.92 Å². The summed E-state index contributed by atoms with van der Waals surface area (Å²) >= 11 is 0. The van der Waals surface area contributed by atoms with Gasteiger partial charge in [0.25, 0.3) is 0 Å². The van der Waals surface area contributed by atoms with E-state index in [1.54, 1.807) is 0 Å². The molecule has 0 aromatic rings. The molecule has 1 rings (SSSR count). The van der Waals surface area contributed by atoms with Gasteiger partial charge in [0.2, 0.25) is 0 Å². The third kappa shape index (κ3) is 1.53. The van der Waals surface area contributed by atoms with Crippen molar-refractivity contribution in [3.8, 4) is 0 Å². The quantitative estimate of drug-likeness (QED) is 0.629. The molecule has 0 atom stereocenters. The van der Waals surface area contributed by atoms with Crippen molar-refractivity contribution in [3.05, 3.63) is 23.8 Å². The second kappa shape index (κ2) is 3.30. The fourth-order valence-electron chi connectivity index (χ4n) is 0.855. The van der Waals surface area contributed by atoms with Crippen molar-refractivity contribution in [1.82, 2.24) is 5.32 Å². The van der Waals surface area contributed by atoms with Crippen LogP contribution in [0.25, 0.3) is 0 Å². The lowest BCUT2D eigenvalue weighted by atomic mass is 10.1. The maximum atomic E-state index is 5.22. The molecule has 0 unspecified atom stereocenters. The minimum Gasteiger partial charge on any atom is -0.449 e. The molecule has 0 saturated heterocycles. The van der Waals surface area contributed by atoms with E-state index in [1.807, 2.05) is 13.3 Å². The van der Waals surface area contributed by atoms with Crippen LogP contribution in [-0.4, -0.2) is 7.05 Å². The van der Waals surface area contributed by atoms with Crippen molar-refractivity contribution < 1.29 is 4.74 Å². The van der Waals surface area contributed by atoms with Gasteiger partial charge in [0.05, 0.1) is 6.26 Å². The zero-order valence-corrected chi connectivity index (χ0v) is 6.48. The van der Waals surface area contributed by atoms with E-state index in [0.717, 1.165) is 18.7 Å². The van der Waals surface area contributed by atoms with Gasteiger partial charge in [0, 0.05) is 7.05 Å². The normalized spacial score (nSPS) is 17.0. The molecular formula is C8H13NO. The van der Waals surface area contributed by atoms with E-state index in [9.17, 15) is 0 Å². The van der Waals surface area contributed by atoms with E-state index in [-0.39, 0.29) is 0 Å². The Labute approximate surface area is 61.6 Å². The average Bonchev–Trinajstić information content (AvgIpc) is 2.05. The lowest BCUT2D eigenvalue weighted by Crippen LogP contribution is -2.09. The molecule has 0 fully saturated rings. The molecule has 0 aliphatic carbocycles. The molecule has 1 aliphatic rings. The highest BCUT2D eigenvalue weighted by molar-refractivity contribution is 5.11. The summed E-state index contributed by atoms with van der Waals surface area (Å²) in [5, 5.41) is 2.94. The first kappa shape index (κ1) is 7.19. The van der Waals surface area contributed by atoms with Crippen LogP contribution in [0.3, 0.4) is 0 Å². The summed E-state index contributed by atoms with van der Waals surface area (Å²) in [5.74, 6) is 0.859. The summed E-state index contributed by atoms with van der Waals surface area (Å²) in [6.45, 7) is 2.13. The van der Waals surface area contributed by atoms with Crippen molar-refractivity contribution >= 4 is 0 Å². The maximum Gasteiger partial charge on any atom is 0.188 e. The lowest BCUT2D eigenvalue weighted by Gasteiger charge is -2.12. The van der Waals surface area contributed by atoms with Crippen molar-refractivity contribution in [2.24, 2.45) is 0 Å². The standard InChI is InChI=1S/C8H13NO/c1-3-7-4-5-8(9-2)10-6-7/h5-6,9H,3-4H2,1-2H3. The van der Waals surface area contributed by atoms with Crippen molar-refractivity contribution in [2.75, 3.05) is 7.05 Å². The van der Waals surface area contributed by atoms with Crippen molar-refractivity contribution in [3.63, 3.8) is 0 Å². The van der Waals surface area contributed by atoms with Crippen molar-refractivity contribution in [1.29, 1.82) is 0 Å². The van der Waals surface area contributed by atoms with E-state index < -0.39 is 0 Å². The molecule has 1 heterocycles. The molecule has 2 heteroatoms. The third-order valence-corrected chi connectivity index (χ3v) is 1.60. The van der Waals surface area contributed by atoms with Crippen LogP contribution in [0.5, 0.6) is 0 Å². The Kier molecular flexibility index (Phi) is 2.37. The van der Waals surface area contributed by atoms with Crippen LogP contribution in [0.1, 0.15) is 19.8 Å². The van der Waals surface area contributed by atoms with Gasteiger partial charge in [0.1, 0.15) is 0 Å². The number of hydrogen-bond acceptors (Lipinski definition) is 2. The SMILES string of the molecule is CCC1=COC(NC)=CC1. The van der Waals surface area contributed by atoms with Gasteiger partial charge in [-0.2, -0.15) is 0 Å². The Bertz CT molecular complexity index is 150. The predicted octanol–water partition coefficient (Wildman–Crippen LogP) is 1.76. The van der Waals surface area contributed by atoms with Gasteiger partial charge < -0.3 is 10.1 Å². The van der Waals surface area contributed by atoms with E-state index in [4.69, 9.17) is 4.74 Å². The number of hydrogen-bond donors (Lipinski definition) is 1. The van der Waals surface area contributed by atoms with E-state index >= 15 is 0 Å². The molecule has 0 amide bonds. The van der Waals surface area contributed by atoms with Crippen LogP contribution >= 0.6 is 0 Å². The van der Waals surface area contributed by atoms with Gasteiger partial charge in [-0.05, 0) is 24.5 Å². The zero-order valence-electron chi connectivity index (χ0n) is 6.48. The molecule has 0 spiro atoms. The lowest BCUT2D eigenvalue weighted by molar-refractivity contribution is 0.308. The van der Waals surface area contributed by atoms with Crippen LogP contribution in [0.15, 0.2) is 23.8 Å². The van der Waals surface area contributed by atoms with Gasteiger partial charge in [-0.3, -0.25) is 0 Å². The molecule has 10 heavy (non-hydrogen) atoms. The molecule has 0 bridgehead atoms. The highest BCUT2D eigenvalue weighted by atomic mass is 16.5. The number of allylic oxidation sites excluding steroid dienone is 2. The summed E-state index contributed by atoms with van der Waals surface area (Å²) < 4.78 is 5.22. The molecule has 2 nitrogen and oxygen atoms in total. The van der Waals surface area contributed by atoms with Crippen LogP contribution in [-0.2, 0) is 4.74 Å². The molecule has 0 aromatic carbocycles. The Morgan fingerprint density at radius 1 is 1.70 bits per heavy atom. The number of rotatable bonds is 2. The second-order valence-corrected chi connectivity index (χ2v) is 2.27. The molecule has 0 aromatic heterocycles. The topological polar surface area (TPSA) is 21.3 Å². The number of ether oxygens (including phenoxy) is 1. The first-order valence-corrected chi connectivity index (χ1v) is 3.59. The van der Waals surface area contributed by atoms with Crippen LogP contribution in [0.4, 0.5) is 0 Å². The highest BCUT2D eigenvalue weighted by Crippen LogP contribution is 2.14. The Hall–Kier alpha value is -0.920.